The van der Waals surface area contributed by atoms with Gasteiger partial charge in [0, 0.05) is 6.20 Å². The van der Waals surface area contributed by atoms with Crippen LogP contribution in [0.25, 0.3) is 0 Å². The Morgan fingerprint density at radius 3 is 2.56 bits per heavy atom. The fourth-order valence-electron chi connectivity index (χ4n) is 1.67. The SMILES string of the molecule is CCC(O)(CC)C(O)c1ncccc1OC. The van der Waals surface area contributed by atoms with E-state index >= 15 is 0 Å². The molecular formula is C12H19NO3. The number of nitrogens with zero attached hydrogens (tertiary/aromatic N) is 1. The normalized spacial score (nSPS) is 13.6. The van der Waals surface area contributed by atoms with Crippen molar-refractivity contribution in [3.05, 3.63) is 24.0 Å². The molecule has 4 heteroatoms. The highest BCUT2D eigenvalue weighted by atomic mass is 16.5. The molecule has 2 N–H and O–H groups in total. The van der Waals surface area contributed by atoms with E-state index in [9.17, 15) is 10.2 Å². The number of aromatic nitrogens is 1. The number of aliphatic hydroxyl groups excluding tert-OH is 1. The van der Waals surface area contributed by atoms with Crippen molar-refractivity contribution in [3.63, 3.8) is 0 Å². The molecule has 1 rings (SSSR count). The van der Waals surface area contributed by atoms with E-state index in [0.717, 1.165) is 0 Å². The van der Waals surface area contributed by atoms with Crippen LogP contribution in [0.15, 0.2) is 18.3 Å². The molecule has 0 aromatic carbocycles. The lowest BCUT2D eigenvalue weighted by molar-refractivity contribution is -0.0846. The number of hydrogen-bond acceptors (Lipinski definition) is 4. The van der Waals surface area contributed by atoms with Gasteiger partial charge in [0.05, 0.1) is 12.7 Å². The maximum Gasteiger partial charge on any atom is 0.143 e. The van der Waals surface area contributed by atoms with Crippen molar-refractivity contribution < 1.29 is 14.9 Å². The van der Waals surface area contributed by atoms with Gasteiger partial charge >= 0.3 is 0 Å². The first kappa shape index (κ1) is 12.9. The molecule has 0 spiro atoms. The molecule has 0 aliphatic carbocycles. The second-order valence-electron chi connectivity index (χ2n) is 3.80. The van der Waals surface area contributed by atoms with Crippen LogP contribution in [0.4, 0.5) is 0 Å². The summed E-state index contributed by atoms with van der Waals surface area (Å²) < 4.78 is 5.12. The average Bonchev–Trinajstić information content (AvgIpc) is 2.36. The van der Waals surface area contributed by atoms with Gasteiger partial charge in [-0.1, -0.05) is 13.8 Å². The van der Waals surface area contributed by atoms with Crippen LogP contribution in [-0.4, -0.2) is 27.9 Å². The van der Waals surface area contributed by atoms with E-state index in [-0.39, 0.29) is 0 Å². The molecule has 0 saturated heterocycles. The molecule has 0 aliphatic rings. The number of rotatable bonds is 5. The summed E-state index contributed by atoms with van der Waals surface area (Å²) in [5.41, 5.74) is -0.766. The number of aliphatic hydroxyl groups is 2. The van der Waals surface area contributed by atoms with E-state index in [1.165, 1.54) is 7.11 Å². The fraction of sp³-hybridized carbons (Fsp3) is 0.583. The summed E-state index contributed by atoms with van der Waals surface area (Å²) in [6.07, 6.45) is 1.47. The van der Waals surface area contributed by atoms with Gasteiger partial charge in [0.25, 0.3) is 0 Å². The van der Waals surface area contributed by atoms with Crippen molar-refractivity contribution in [1.82, 2.24) is 4.98 Å². The maximum absolute atomic E-state index is 10.2. The quantitative estimate of drug-likeness (QED) is 0.800. The van der Waals surface area contributed by atoms with Crippen LogP contribution >= 0.6 is 0 Å². The van der Waals surface area contributed by atoms with Gasteiger partial charge in [-0.3, -0.25) is 4.98 Å². The van der Waals surface area contributed by atoms with E-state index in [2.05, 4.69) is 4.98 Å². The van der Waals surface area contributed by atoms with Gasteiger partial charge in [-0.05, 0) is 25.0 Å². The summed E-state index contributed by atoms with van der Waals surface area (Å²) in [6, 6.07) is 3.45. The van der Waals surface area contributed by atoms with Crippen LogP contribution < -0.4 is 4.74 Å². The van der Waals surface area contributed by atoms with Gasteiger partial charge in [0.15, 0.2) is 0 Å². The Hall–Kier alpha value is -1.13. The molecule has 1 unspecified atom stereocenters. The largest absolute Gasteiger partial charge is 0.495 e. The summed E-state index contributed by atoms with van der Waals surface area (Å²) in [7, 11) is 1.52. The minimum atomic E-state index is -1.15. The van der Waals surface area contributed by atoms with Crippen molar-refractivity contribution in [2.45, 2.75) is 38.4 Å². The zero-order valence-corrected chi connectivity index (χ0v) is 9.97. The minimum Gasteiger partial charge on any atom is -0.495 e. The van der Waals surface area contributed by atoms with Gasteiger partial charge in [-0.25, -0.2) is 0 Å². The Labute approximate surface area is 95.9 Å². The van der Waals surface area contributed by atoms with Crippen LogP contribution in [0.1, 0.15) is 38.5 Å². The van der Waals surface area contributed by atoms with Gasteiger partial charge in [0.1, 0.15) is 17.5 Å². The molecule has 0 bridgehead atoms. The van der Waals surface area contributed by atoms with E-state index in [1.807, 2.05) is 13.8 Å². The topological polar surface area (TPSA) is 62.6 Å². The van der Waals surface area contributed by atoms with E-state index in [4.69, 9.17) is 4.74 Å². The zero-order valence-electron chi connectivity index (χ0n) is 9.97. The van der Waals surface area contributed by atoms with Crippen LogP contribution in [0, 0.1) is 0 Å². The molecule has 1 heterocycles. The molecule has 0 fully saturated rings. The first-order valence-corrected chi connectivity index (χ1v) is 5.48. The highest BCUT2D eigenvalue weighted by Crippen LogP contribution is 2.34. The third-order valence-corrected chi connectivity index (χ3v) is 3.01. The van der Waals surface area contributed by atoms with Crippen molar-refractivity contribution in [2.75, 3.05) is 7.11 Å². The smallest absolute Gasteiger partial charge is 0.143 e. The molecule has 4 nitrogen and oxygen atoms in total. The molecule has 1 atom stereocenters. The molecular weight excluding hydrogens is 206 g/mol. The predicted molar refractivity (Wildman–Crippen MR) is 61.3 cm³/mol. The van der Waals surface area contributed by atoms with Crippen LogP contribution in [0.2, 0.25) is 0 Å². The first-order valence-electron chi connectivity index (χ1n) is 5.48. The van der Waals surface area contributed by atoms with E-state index in [0.29, 0.717) is 24.3 Å². The Balaban J connectivity index is 3.08. The molecule has 0 amide bonds. The van der Waals surface area contributed by atoms with Crippen molar-refractivity contribution >= 4 is 0 Å². The Kier molecular flexibility index (Phi) is 4.26. The fourth-order valence-corrected chi connectivity index (χ4v) is 1.67. The molecule has 1 aromatic heterocycles. The average molecular weight is 225 g/mol. The highest BCUT2D eigenvalue weighted by molar-refractivity contribution is 5.30. The summed E-state index contributed by atoms with van der Waals surface area (Å²) in [4.78, 5) is 4.08. The highest BCUT2D eigenvalue weighted by Gasteiger charge is 2.35. The second-order valence-corrected chi connectivity index (χ2v) is 3.80. The van der Waals surface area contributed by atoms with Crippen LogP contribution in [-0.2, 0) is 0 Å². The summed E-state index contributed by atoms with van der Waals surface area (Å²) in [5, 5.41) is 20.4. The van der Waals surface area contributed by atoms with Gasteiger partial charge < -0.3 is 14.9 Å². The minimum absolute atomic E-state index is 0.385. The maximum atomic E-state index is 10.2. The lowest BCUT2D eigenvalue weighted by atomic mass is 9.88. The molecule has 16 heavy (non-hydrogen) atoms. The van der Waals surface area contributed by atoms with E-state index < -0.39 is 11.7 Å². The number of hydrogen-bond donors (Lipinski definition) is 2. The molecule has 90 valence electrons. The Bertz CT molecular complexity index is 337. The van der Waals surface area contributed by atoms with Gasteiger partial charge in [0.2, 0.25) is 0 Å². The van der Waals surface area contributed by atoms with Gasteiger partial charge in [-0.2, -0.15) is 0 Å². The van der Waals surface area contributed by atoms with Crippen LogP contribution in [0.5, 0.6) is 5.75 Å². The lowest BCUT2D eigenvalue weighted by Gasteiger charge is -2.31. The third kappa shape index (κ3) is 2.33. The standard InChI is InChI=1S/C12H19NO3/c1-4-12(15,5-2)11(14)10-9(16-3)7-6-8-13-10/h6-8,11,14-15H,4-5H2,1-3H3. The first-order chi connectivity index (χ1) is 7.59. The van der Waals surface area contributed by atoms with Crippen LogP contribution in [0.3, 0.4) is 0 Å². The molecule has 1 aromatic rings. The summed E-state index contributed by atoms with van der Waals surface area (Å²) in [6.45, 7) is 3.67. The Morgan fingerprint density at radius 1 is 1.44 bits per heavy atom. The van der Waals surface area contributed by atoms with Crippen molar-refractivity contribution in [3.8, 4) is 5.75 Å². The molecule has 0 aliphatic heterocycles. The molecule has 0 radical (unpaired) electrons. The van der Waals surface area contributed by atoms with E-state index in [1.54, 1.807) is 18.3 Å². The predicted octanol–water partition coefficient (Wildman–Crippen LogP) is 1.67. The van der Waals surface area contributed by atoms with Crippen molar-refractivity contribution in [1.29, 1.82) is 0 Å². The second kappa shape index (κ2) is 5.27. The van der Waals surface area contributed by atoms with Gasteiger partial charge in [-0.15, -0.1) is 0 Å². The Morgan fingerprint density at radius 2 is 2.06 bits per heavy atom. The summed E-state index contributed by atoms with van der Waals surface area (Å²) >= 11 is 0. The zero-order chi connectivity index (χ0) is 12.2. The van der Waals surface area contributed by atoms with Crippen molar-refractivity contribution in [2.24, 2.45) is 0 Å². The number of pyridine rings is 1. The molecule has 0 saturated carbocycles. The number of methoxy groups -OCH3 is 1. The third-order valence-electron chi connectivity index (χ3n) is 3.01. The lowest BCUT2D eigenvalue weighted by Crippen LogP contribution is -2.35. The number of ether oxygens (including phenoxy) is 1. The summed E-state index contributed by atoms with van der Waals surface area (Å²) in [5.74, 6) is 0.496. The monoisotopic (exact) mass is 225 g/mol.